The lowest BCUT2D eigenvalue weighted by atomic mass is 10.1. The van der Waals surface area contributed by atoms with Gasteiger partial charge >= 0.3 is 17.9 Å². The molecule has 0 radical (unpaired) electrons. The molecular formula is C12H18O6. The molecule has 0 saturated carbocycles. The van der Waals surface area contributed by atoms with Gasteiger partial charge in [0.1, 0.15) is 0 Å². The van der Waals surface area contributed by atoms with E-state index in [9.17, 15) is 14.4 Å². The van der Waals surface area contributed by atoms with Crippen molar-refractivity contribution in [2.45, 2.75) is 27.2 Å². The van der Waals surface area contributed by atoms with Gasteiger partial charge < -0.3 is 14.2 Å². The van der Waals surface area contributed by atoms with Crippen molar-refractivity contribution < 1.29 is 28.6 Å². The van der Waals surface area contributed by atoms with E-state index < -0.39 is 17.9 Å². The number of hydrogen-bond donors (Lipinski definition) is 0. The van der Waals surface area contributed by atoms with Gasteiger partial charge in [-0.05, 0) is 20.8 Å². The van der Waals surface area contributed by atoms with Crippen LogP contribution in [0.1, 0.15) is 27.2 Å². The van der Waals surface area contributed by atoms with E-state index in [-0.39, 0.29) is 30.8 Å². The first kappa shape index (κ1) is 16.1. The molecule has 0 saturated heterocycles. The molecule has 0 spiro atoms. The highest BCUT2D eigenvalue weighted by atomic mass is 16.5. The molecule has 0 aromatic rings. The highest BCUT2D eigenvalue weighted by Gasteiger charge is 2.22. The minimum Gasteiger partial charge on any atom is -0.466 e. The topological polar surface area (TPSA) is 78.9 Å². The Morgan fingerprint density at radius 2 is 1.50 bits per heavy atom. The van der Waals surface area contributed by atoms with Crippen LogP contribution in [0.3, 0.4) is 0 Å². The summed E-state index contributed by atoms with van der Waals surface area (Å²) in [5, 5.41) is 0. The first-order chi connectivity index (χ1) is 8.47. The van der Waals surface area contributed by atoms with Gasteiger partial charge in [-0.25, -0.2) is 9.59 Å². The molecule has 0 aliphatic heterocycles. The predicted molar refractivity (Wildman–Crippen MR) is 62.6 cm³/mol. The summed E-state index contributed by atoms with van der Waals surface area (Å²) in [6.07, 6.45) is -0.312. The summed E-state index contributed by atoms with van der Waals surface area (Å²) >= 11 is 0. The van der Waals surface area contributed by atoms with E-state index in [1.165, 1.54) is 14.0 Å². The van der Waals surface area contributed by atoms with Crippen molar-refractivity contribution in [2.75, 3.05) is 20.3 Å². The van der Waals surface area contributed by atoms with Gasteiger partial charge in [0.2, 0.25) is 0 Å². The van der Waals surface area contributed by atoms with Gasteiger partial charge in [-0.1, -0.05) is 0 Å². The second kappa shape index (κ2) is 8.27. The third-order valence-corrected chi connectivity index (χ3v) is 2.09. The summed E-state index contributed by atoms with van der Waals surface area (Å²) in [5.41, 5.74) is 0.00570. The van der Waals surface area contributed by atoms with Gasteiger partial charge in [0.25, 0.3) is 0 Å². The van der Waals surface area contributed by atoms with E-state index in [1.54, 1.807) is 13.8 Å². The van der Waals surface area contributed by atoms with Crippen LogP contribution >= 0.6 is 0 Å². The molecule has 0 aromatic carbocycles. The van der Waals surface area contributed by atoms with E-state index in [0.717, 1.165) is 0 Å². The van der Waals surface area contributed by atoms with Crippen LogP contribution in [-0.4, -0.2) is 38.2 Å². The lowest BCUT2D eigenvalue weighted by Crippen LogP contribution is -2.18. The van der Waals surface area contributed by atoms with E-state index in [2.05, 4.69) is 4.74 Å². The SMILES string of the molecule is CCOC(=O)C/C(C(=O)OCC)=C(/C)C(=O)OC. The fraction of sp³-hybridized carbons (Fsp3) is 0.583. The molecule has 0 atom stereocenters. The average molecular weight is 258 g/mol. The van der Waals surface area contributed by atoms with Gasteiger partial charge in [0.05, 0.1) is 32.3 Å². The summed E-state index contributed by atoms with van der Waals surface area (Å²) in [6.45, 7) is 5.04. The van der Waals surface area contributed by atoms with Crippen molar-refractivity contribution in [1.29, 1.82) is 0 Å². The van der Waals surface area contributed by atoms with E-state index in [4.69, 9.17) is 9.47 Å². The molecule has 18 heavy (non-hydrogen) atoms. The first-order valence-electron chi connectivity index (χ1n) is 5.58. The number of carbonyl (C=O) groups excluding carboxylic acids is 3. The highest BCUT2D eigenvalue weighted by molar-refractivity contribution is 6.02. The summed E-state index contributed by atoms with van der Waals surface area (Å²) in [4.78, 5) is 34.4. The summed E-state index contributed by atoms with van der Waals surface area (Å²) in [7, 11) is 1.19. The van der Waals surface area contributed by atoms with Crippen molar-refractivity contribution in [3.8, 4) is 0 Å². The highest BCUT2D eigenvalue weighted by Crippen LogP contribution is 2.13. The van der Waals surface area contributed by atoms with Crippen molar-refractivity contribution in [3.63, 3.8) is 0 Å². The quantitative estimate of drug-likeness (QED) is 0.401. The van der Waals surface area contributed by atoms with Crippen LogP contribution in [0.25, 0.3) is 0 Å². The number of hydrogen-bond acceptors (Lipinski definition) is 6. The minimum absolute atomic E-state index is 0.0397. The van der Waals surface area contributed by atoms with E-state index in [1.807, 2.05) is 0 Å². The second-order valence-electron chi connectivity index (χ2n) is 3.30. The third-order valence-electron chi connectivity index (χ3n) is 2.09. The van der Waals surface area contributed by atoms with Crippen LogP contribution in [0.15, 0.2) is 11.1 Å². The Hall–Kier alpha value is -1.85. The van der Waals surface area contributed by atoms with Gasteiger partial charge in [-0.3, -0.25) is 4.79 Å². The molecule has 0 rings (SSSR count). The summed E-state index contributed by atoms with van der Waals surface area (Å²) < 4.78 is 14.0. The molecule has 0 bridgehead atoms. The number of ether oxygens (including phenoxy) is 3. The van der Waals surface area contributed by atoms with Crippen LogP contribution in [0.5, 0.6) is 0 Å². The molecule has 0 fully saturated rings. The Bertz CT molecular complexity index is 356. The van der Waals surface area contributed by atoms with Crippen LogP contribution < -0.4 is 0 Å². The Balaban J connectivity index is 5.11. The van der Waals surface area contributed by atoms with E-state index in [0.29, 0.717) is 0 Å². The summed E-state index contributed by atoms with van der Waals surface area (Å²) in [6, 6.07) is 0. The molecular weight excluding hydrogens is 240 g/mol. The zero-order valence-corrected chi connectivity index (χ0v) is 11.1. The van der Waals surface area contributed by atoms with Gasteiger partial charge in [-0.15, -0.1) is 0 Å². The van der Waals surface area contributed by atoms with Crippen molar-refractivity contribution in [1.82, 2.24) is 0 Å². The maximum Gasteiger partial charge on any atom is 0.335 e. The fourth-order valence-electron chi connectivity index (χ4n) is 1.21. The number of rotatable bonds is 6. The number of methoxy groups -OCH3 is 1. The van der Waals surface area contributed by atoms with Crippen LogP contribution in [0.4, 0.5) is 0 Å². The number of esters is 3. The lowest BCUT2D eigenvalue weighted by Gasteiger charge is -2.09. The maximum absolute atomic E-state index is 11.6. The van der Waals surface area contributed by atoms with Gasteiger partial charge in [0, 0.05) is 5.57 Å². The fourth-order valence-corrected chi connectivity index (χ4v) is 1.21. The third kappa shape index (κ3) is 4.99. The molecule has 102 valence electrons. The van der Waals surface area contributed by atoms with Gasteiger partial charge in [-0.2, -0.15) is 0 Å². The molecule has 0 heterocycles. The summed E-state index contributed by atoms with van der Waals surface area (Å²) in [5.74, 6) is -1.99. The van der Waals surface area contributed by atoms with Crippen molar-refractivity contribution >= 4 is 17.9 Å². The normalized spacial score (nSPS) is 11.3. The van der Waals surface area contributed by atoms with Crippen LogP contribution in [0.2, 0.25) is 0 Å². The zero-order valence-electron chi connectivity index (χ0n) is 11.1. The Labute approximate surface area is 106 Å². The second-order valence-corrected chi connectivity index (χ2v) is 3.30. The number of carbonyl (C=O) groups is 3. The molecule has 0 aliphatic rings. The zero-order chi connectivity index (χ0) is 14.1. The molecule has 0 aliphatic carbocycles. The largest absolute Gasteiger partial charge is 0.466 e. The minimum atomic E-state index is -0.714. The first-order valence-corrected chi connectivity index (χ1v) is 5.58. The average Bonchev–Trinajstić information content (AvgIpc) is 2.34. The van der Waals surface area contributed by atoms with Crippen molar-refractivity contribution in [2.24, 2.45) is 0 Å². The predicted octanol–water partition coefficient (Wildman–Crippen LogP) is 0.992. The lowest BCUT2D eigenvalue weighted by molar-refractivity contribution is -0.146. The molecule has 0 N–H and O–H groups in total. The molecule has 6 nitrogen and oxygen atoms in total. The standard InChI is InChI=1S/C12H18O6/c1-5-17-10(13)7-9(12(15)18-6-2)8(3)11(14)16-4/h5-7H2,1-4H3/b9-8+. The molecule has 0 unspecified atom stereocenters. The van der Waals surface area contributed by atoms with Crippen LogP contribution in [-0.2, 0) is 28.6 Å². The Kier molecular flexibility index (Phi) is 7.42. The van der Waals surface area contributed by atoms with E-state index >= 15 is 0 Å². The monoisotopic (exact) mass is 258 g/mol. The van der Waals surface area contributed by atoms with Crippen LogP contribution in [0, 0.1) is 0 Å². The smallest absolute Gasteiger partial charge is 0.335 e. The Morgan fingerprint density at radius 3 is 1.94 bits per heavy atom. The molecule has 0 amide bonds. The van der Waals surface area contributed by atoms with Gasteiger partial charge in [0.15, 0.2) is 0 Å². The molecule has 6 heteroatoms. The molecule has 0 aromatic heterocycles. The maximum atomic E-state index is 11.6. The van der Waals surface area contributed by atoms with Crippen molar-refractivity contribution in [3.05, 3.63) is 11.1 Å². The Morgan fingerprint density at radius 1 is 0.944 bits per heavy atom.